The van der Waals surface area contributed by atoms with Gasteiger partial charge in [-0.25, -0.2) is 13.1 Å². The van der Waals surface area contributed by atoms with Gasteiger partial charge < -0.3 is 14.6 Å². The summed E-state index contributed by atoms with van der Waals surface area (Å²) in [6.45, 7) is -0.278. The molecule has 2 aromatic rings. The van der Waals surface area contributed by atoms with Crippen LogP contribution in [0.25, 0.3) is 0 Å². The highest BCUT2D eigenvalue weighted by Crippen LogP contribution is 2.24. The average Bonchev–Trinajstić information content (AvgIpc) is 3.08. The van der Waals surface area contributed by atoms with Crippen LogP contribution in [0.1, 0.15) is 11.7 Å². The molecule has 1 heterocycles. The van der Waals surface area contributed by atoms with E-state index in [-0.39, 0.29) is 24.7 Å². The van der Waals surface area contributed by atoms with Crippen LogP contribution in [-0.2, 0) is 14.8 Å². The van der Waals surface area contributed by atoms with E-state index in [1.165, 1.54) is 11.3 Å². The molecule has 0 aliphatic heterocycles. The van der Waals surface area contributed by atoms with Gasteiger partial charge in [-0.2, -0.15) is 11.3 Å². The topological polar surface area (TPSA) is 84.9 Å². The zero-order valence-electron chi connectivity index (χ0n) is 13.3. The Labute approximate surface area is 152 Å². The van der Waals surface area contributed by atoms with E-state index < -0.39 is 28.2 Å². The molecule has 26 heavy (non-hydrogen) atoms. The molecule has 2 rings (SSSR count). The Morgan fingerprint density at radius 2 is 1.88 bits per heavy atom. The van der Waals surface area contributed by atoms with Gasteiger partial charge in [-0.05, 0) is 46.7 Å². The molecule has 1 unspecified atom stereocenters. The predicted octanol–water partition coefficient (Wildman–Crippen LogP) is 2.68. The Balaban J connectivity index is 2.04. The van der Waals surface area contributed by atoms with Crippen LogP contribution in [0.2, 0.25) is 0 Å². The second-order valence-corrected chi connectivity index (χ2v) is 7.56. The van der Waals surface area contributed by atoms with Crippen LogP contribution in [0.15, 0.2) is 46.0 Å². The number of nitrogens with one attached hydrogen (secondary N) is 1. The second-order valence-electron chi connectivity index (χ2n) is 5.01. The van der Waals surface area contributed by atoms with E-state index in [1.54, 1.807) is 16.8 Å². The number of sulfonamides is 1. The van der Waals surface area contributed by atoms with E-state index in [4.69, 9.17) is 9.84 Å². The second kappa shape index (κ2) is 8.82. The number of hydrogen-bond acceptors (Lipinski definition) is 6. The SMILES string of the molecule is O=S(=O)(NCC(OCCO)c1ccsc1)c1ccc(OC(F)(F)F)cc1. The Hall–Kier alpha value is -1.66. The van der Waals surface area contributed by atoms with E-state index in [0.29, 0.717) is 0 Å². The molecule has 1 aromatic heterocycles. The zero-order valence-corrected chi connectivity index (χ0v) is 14.9. The molecule has 0 spiro atoms. The minimum atomic E-state index is -4.85. The Morgan fingerprint density at radius 3 is 2.42 bits per heavy atom. The summed E-state index contributed by atoms with van der Waals surface area (Å²) >= 11 is 1.41. The Bertz CT molecular complexity index is 777. The third kappa shape index (κ3) is 6.25. The first-order valence-electron chi connectivity index (χ1n) is 7.31. The Morgan fingerprint density at radius 1 is 1.19 bits per heavy atom. The molecule has 144 valence electrons. The Kier molecular flexibility index (Phi) is 7.01. The summed E-state index contributed by atoms with van der Waals surface area (Å²) in [5, 5.41) is 12.5. The van der Waals surface area contributed by atoms with Crippen molar-refractivity contribution in [3.8, 4) is 5.75 Å². The summed E-state index contributed by atoms with van der Waals surface area (Å²) in [6, 6.07) is 5.63. The van der Waals surface area contributed by atoms with Crippen LogP contribution in [-0.4, -0.2) is 39.6 Å². The number of aliphatic hydroxyl groups excluding tert-OH is 1. The smallest absolute Gasteiger partial charge is 0.406 e. The van der Waals surface area contributed by atoms with Crippen molar-refractivity contribution < 1.29 is 36.2 Å². The molecule has 1 atom stereocenters. The predicted molar refractivity (Wildman–Crippen MR) is 88.4 cm³/mol. The summed E-state index contributed by atoms with van der Waals surface area (Å²) in [4.78, 5) is -0.210. The number of benzene rings is 1. The highest BCUT2D eigenvalue weighted by Gasteiger charge is 2.31. The summed E-state index contributed by atoms with van der Waals surface area (Å²) in [5.41, 5.74) is 0.750. The first-order chi connectivity index (χ1) is 12.2. The monoisotopic (exact) mass is 411 g/mol. The van der Waals surface area contributed by atoms with Gasteiger partial charge in [0.2, 0.25) is 10.0 Å². The van der Waals surface area contributed by atoms with Crippen molar-refractivity contribution in [2.45, 2.75) is 17.4 Å². The van der Waals surface area contributed by atoms with Gasteiger partial charge in [0.25, 0.3) is 0 Å². The highest BCUT2D eigenvalue weighted by atomic mass is 32.2. The van der Waals surface area contributed by atoms with Crippen LogP contribution in [0.5, 0.6) is 5.75 Å². The van der Waals surface area contributed by atoms with Crippen molar-refractivity contribution in [1.29, 1.82) is 0 Å². The van der Waals surface area contributed by atoms with Crippen LogP contribution in [0, 0.1) is 0 Å². The maximum absolute atomic E-state index is 12.3. The van der Waals surface area contributed by atoms with Gasteiger partial charge in [-0.1, -0.05) is 0 Å². The molecule has 2 N–H and O–H groups in total. The van der Waals surface area contributed by atoms with Crippen LogP contribution in [0.3, 0.4) is 0 Å². The quantitative estimate of drug-likeness (QED) is 0.663. The molecule has 0 radical (unpaired) electrons. The zero-order chi connectivity index (χ0) is 19.2. The summed E-state index contributed by atoms with van der Waals surface area (Å²) in [6.07, 6.45) is -5.45. The average molecular weight is 411 g/mol. The van der Waals surface area contributed by atoms with E-state index in [2.05, 4.69) is 9.46 Å². The third-order valence-corrected chi connectivity index (χ3v) is 5.29. The maximum Gasteiger partial charge on any atom is 0.573 e. The van der Waals surface area contributed by atoms with Crippen LogP contribution in [0.4, 0.5) is 13.2 Å². The van der Waals surface area contributed by atoms with Gasteiger partial charge in [0.1, 0.15) is 5.75 Å². The van der Waals surface area contributed by atoms with Crippen molar-refractivity contribution in [1.82, 2.24) is 4.72 Å². The highest BCUT2D eigenvalue weighted by molar-refractivity contribution is 7.89. The van der Waals surface area contributed by atoms with Gasteiger partial charge in [-0.3, -0.25) is 0 Å². The van der Waals surface area contributed by atoms with Crippen molar-refractivity contribution in [3.63, 3.8) is 0 Å². The number of hydrogen-bond donors (Lipinski definition) is 2. The lowest BCUT2D eigenvalue weighted by atomic mass is 10.2. The largest absolute Gasteiger partial charge is 0.573 e. The van der Waals surface area contributed by atoms with Gasteiger partial charge in [0.05, 0.1) is 24.2 Å². The molecule has 0 amide bonds. The van der Waals surface area contributed by atoms with Crippen molar-refractivity contribution in [2.24, 2.45) is 0 Å². The number of aliphatic hydroxyl groups is 1. The van der Waals surface area contributed by atoms with Gasteiger partial charge >= 0.3 is 6.36 Å². The number of alkyl halides is 3. The molecule has 0 saturated heterocycles. The molecular formula is C15H16F3NO5S2. The standard InChI is InChI=1S/C15H16F3NO5S2/c16-15(17,18)24-12-1-3-13(4-2-12)26(21,22)19-9-14(23-7-6-20)11-5-8-25-10-11/h1-5,8,10,14,19-20H,6-7,9H2. The minimum absolute atomic E-state index is 0.0335. The van der Waals surface area contributed by atoms with Crippen molar-refractivity contribution in [3.05, 3.63) is 46.7 Å². The molecule has 6 nitrogen and oxygen atoms in total. The first kappa shape index (κ1) is 20.6. The maximum atomic E-state index is 12.3. The summed E-state index contributed by atoms with van der Waals surface area (Å²) in [5.74, 6) is -0.515. The molecule has 0 saturated carbocycles. The fourth-order valence-electron chi connectivity index (χ4n) is 2.02. The molecule has 0 fully saturated rings. The number of rotatable bonds is 9. The molecule has 0 aliphatic carbocycles. The lowest BCUT2D eigenvalue weighted by Crippen LogP contribution is -2.30. The van der Waals surface area contributed by atoms with E-state index >= 15 is 0 Å². The number of ether oxygens (including phenoxy) is 2. The fourth-order valence-corrected chi connectivity index (χ4v) is 3.75. The van der Waals surface area contributed by atoms with E-state index in [9.17, 15) is 21.6 Å². The van der Waals surface area contributed by atoms with Gasteiger partial charge in [0.15, 0.2) is 0 Å². The van der Waals surface area contributed by atoms with Gasteiger partial charge in [-0.15, -0.1) is 13.2 Å². The summed E-state index contributed by atoms with van der Waals surface area (Å²) in [7, 11) is -3.96. The van der Waals surface area contributed by atoms with Crippen LogP contribution < -0.4 is 9.46 Å². The summed E-state index contributed by atoms with van der Waals surface area (Å²) < 4.78 is 72.5. The molecule has 11 heteroatoms. The van der Waals surface area contributed by atoms with Crippen molar-refractivity contribution >= 4 is 21.4 Å². The van der Waals surface area contributed by atoms with Crippen molar-refractivity contribution in [2.75, 3.05) is 19.8 Å². The molecule has 0 bridgehead atoms. The lowest BCUT2D eigenvalue weighted by Gasteiger charge is -2.17. The lowest BCUT2D eigenvalue weighted by molar-refractivity contribution is -0.274. The van der Waals surface area contributed by atoms with Gasteiger partial charge in [0, 0.05) is 6.54 Å². The molecule has 0 aliphatic rings. The van der Waals surface area contributed by atoms with E-state index in [0.717, 1.165) is 29.8 Å². The minimum Gasteiger partial charge on any atom is -0.406 e. The van der Waals surface area contributed by atoms with Crippen LogP contribution >= 0.6 is 11.3 Å². The first-order valence-corrected chi connectivity index (χ1v) is 9.74. The fraction of sp³-hybridized carbons (Fsp3) is 0.333. The normalized spacial score (nSPS) is 13.5. The number of halogens is 3. The van der Waals surface area contributed by atoms with E-state index in [1.807, 2.05) is 0 Å². The number of thiophene rings is 1. The molecular weight excluding hydrogens is 395 g/mol. The third-order valence-electron chi connectivity index (χ3n) is 3.15. The molecule has 1 aromatic carbocycles.